The second kappa shape index (κ2) is 8.85. The van der Waals surface area contributed by atoms with Gasteiger partial charge in [-0.1, -0.05) is 6.92 Å². The highest BCUT2D eigenvalue weighted by molar-refractivity contribution is 7.91. The number of rotatable bonds is 8. The molecule has 2 rings (SSSR count). The number of ether oxygens (including phenoxy) is 1. The van der Waals surface area contributed by atoms with E-state index in [9.17, 15) is 39.6 Å². The van der Waals surface area contributed by atoms with Gasteiger partial charge in [0.2, 0.25) is 5.88 Å². The van der Waals surface area contributed by atoms with E-state index in [-0.39, 0.29) is 0 Å². The second-order valence-electron chi connectivity index (χ2n) is 6.42. The van der Waals surface area contributed by atoms with E-state index in [2.05, 4.69) is 14.7 Å². The van der Waals surface area contributed by atoms with Gasteiger partial charge in [0.25, 0.3) is 11.5 Å². The van der Waals surface area contributed by atoms with Gasteiger partial charge in [-0.05, 0) is 13.0 Å². The van der Waals surface area contributed by atoms with Gasteiger partial charge in [-0.2, -0.15) is 13.2 Å². The average molecular weight is 473 g/mol. The van der Waals surface area contributed by atoms with E-state index in [4.69, 9.17) is 0 Å². The van der Waals surface area contributed by atoms with Crippen LogP contribution >= 0.6 is 0 Å². The summed E-state index contributed by atoms with van der Waals surface area (Å²) in [6.45, 7) is -1.10. The Morgan fingerprint density at radius 3 is 2.35 bits per heavy atom. The molecule has 1 atom stereocenters. The molecule has 0 aliphatic heterocycles. The van der Waals surface area contributed by atoms with Crippen molar-refractivity contribution in [2.24, 2.45) is 0 Å². The van der Waals surface area contributed by atoms with Crippen molar-refractivity contribution in [1.29, 1.82) is 0 Å². The third-order valence-electron chi connectivity index (χ3n) is 4.02. The number of hydrogen-bond donors (Lipinski definition) is 0. The van der Waals surface area contributed by atoms with Gasteiger partial charge in [-0.25, -0.2) is 31.6 Å². The van der Waals surface area contributed by atoms with Crippen LogP contribution in [0.1, 0.15) is 13.8 Å². The summed E-state index contributed by atoms with van der Waals surface area (Å²) in [4.78, 5) is 19.2. The lowest BCUT2D eigenvalue weighted by Gasteiger charge is -2.18. The van der Waals surface area contributed by atoms with E-state index >= 15 is 0 Å². The SMILES string of the molecule is CCS(=O)(=O)c1ccc(OCC(F)(F)F)nc1-c1cc(=O)n(CC(F)(F)C(C)F)cn1. The number of nitrogens with zero attached hydrogens (tertiary/aromatic N) is 3. The number of aromatic nitrogens is 3. The van der Waals surface area contributed by atoms with Crippen molar-refractivity contribution in [3.05, 3.63) is 34.9 Å². The normalized spacial score (nSPS) is 13.8. The van der Waals surface area contributed by atoms with Crippen LogP contribution in [-0.2, 0) is 16.4 Å². The minimum absolute atomic E-state index is 0.401. The molecule has 0 aromatic carbocycles. The maximum absolute atomic E-state index is 13.6. The quantitative estimate of drug-likeness (QED) is 0.548. The van der Waals surface area contributed by atoms with Crippen LogP contribution in [0.4, 0.5) is 26.3 Å². The molecule has 7 nitrogen and oxygen atoms in total. The summed E-state index contributed by atoms with van der Waals surface area (Å²) in [5, 5.41) is 0. The first-order chi connectivity index (χ1) is 14.2. The fourth-order valence-corrected chi connectivity index (χ4v) is 3.31. The lowest BCUT2D eigenvalue weighted by atomic mass is 10.2. The first kappa shape index (κ1) is 24.6. The molecule has 2 heterocycles. The van der Waals surface area contributed by atoms with E-state index in [1.165, 1.54) is 6.92 Å². The van der Waals surface area contributed by atoms with Crippen LogP contribution in [0, 0.1) is 0 Å². The summed E-state index contributed by atoms with van der Waals surface area (Å²) in [5.74, 6) is -4.86. The lowest BCUT2D eigenvalue weighted by molar-refractivity contribution is -0.154. The Balaban J connectivity index is 2.54. The molecule has 31 heavy (non-hydrogen) atoms. The number of hydrogen-bond acceptors (Lipinski definition) is 6. The molecule has 0 aliphatic carbocycles. The Hall–Kier alpha value is -2.64. The molecule has 0 aliphatic rings. The summed E-state index contributed by atoms with van der Waals surface area (Å²) in [7, 11) is -3.96. The highest BCUT2D eigenvalue weighted by atomic mass is 32.2. The van der Waals surface area contributed by atoms with Crippen molar-refractivity contribution in [3.8, 4) is 17.3 Å². The predicted octanol–water partition coefficient (Wildman–Crippen LogP) is 3.03. The van der Waals surface area contributed by atoms with Gasteiger partial charge >= 0.3 is 6.18 Å². The minimum atomic E-state index is -4.69. The van der Waals surface area contributed by atoms with Gasteiger partial charge in [0.05, 0.1) is 29.2 Å². The van der Waals surface area contributed by atoms with E-state index in [1.807, 2.05) is 0 Å². The highest BCUT2D eigenvalue weighted by Gasteiger charge is 2.37. The molecule has 14 heteroatoms. The van der Waals surface area contributed by atoms with Crippen molar-refractivity contribution in [2.45, 2.75) is 43.6 Å². The Morgan fingerprint density at radius 2 is 1.84 bits per heavy atom. The minimum Gasteiger partial charge on any atom is -0.468 e. The van der Waals surface area contributed by atoms with E-state index in [0.717, 1.165) is 12.1 Å². The number of pyridine rings is 1. The first-order valence-electron chi connectivity index (χ1n) is 8.68. The molecule has 0 bridgehead atoms. The van der Waals surface area contributed by atoms with Crippen molar-refractivity contribution in [2.75, 3.05) is 12.4 Å². The van der Waals surface area contributed by atoms with Crippen molar-refractivity contribution in [1.82, 2.24) is 14.5 Å². The molecule has 0 spiro atoms. The Morgan fingerprint density at radius 1 is 1.19 bits per heavy atom. The number of alkyl halides is 6. The zero-order valence-corrected chi connectivity index (χ0v) is 17.0. The van der Waals surface area contributed by atoms with Crippen LogP contribution < -0.4 is 10.3 Å². The molecule has 0 N–H and O–H groups in total. The lowest BCUT2D eigenvalue weighted by Crippen LogP contribution is -2.37. The monoisotopic (exact) mass is 473 g/mol. The summed E-state index contributed by atoms with van der Waals surface area (Å²) in [6, 6.07) is 2.52. The fourth-order valence-electron chi connectivity index (χ4n) is 2.28. The summed E-state index contributed by atoms with van der Waals surface area (Å²) < 4.78 is 107. The van der Waals surface area contributed by atoms with Gasteiger partial charge in [0, 0.05) is 12.1 Å². The third-order valence-corrected chi connectivity index (χ3v) is 5.78. The Labute approximate surface area is 172 Å². The Bertz CT molecular complexity index is 1100. The number of sulfone groups is 1. The highest BCUT2D eigenvalue weighted by Crippen LogP contribution is 2.28. The second-order valence-corrected chi connectivity index (χ2v) is 8.67. The summed E-state index contributed by atoms with van der Waals surface area (Å²) >= 11 is 0. The van der Waals surface area contributed by atoms with Gasteiger partial charge in [0.15, 0.2) is 22.6 Å². The summed E-state index contributed by atoms with van der Waals surface area (Å²) in [6.07, 6.45) is -6.60. The first-order valence-corrected chi connectivity index (χ1v) is 10.3. The molecule has 0 radical (unpaired) electrons. The van der Waals surface area contributed by atoms with Crippen LogP contribution in [-0.4, -0.2) is 53.6 Å². The van der Waals surface area contributed by atoms with Gasteiger partial charge < -0.3 is 4.74 Å². The molecular weight excluding hydrogens is 456 g/mol. The van der Waals surface area contributed by atoms with Gasteiger partial charge in [0.1, 0.15) is 5.69 Å². The zero-order valence-electron chi connectivity index (χ0n) is 16.2. The smallest absolute Gasteiger partial charge is 0.422 e. The van der Waals surface area contributed by atoms with E-state index < -0.39 is 74.7 Å². The molecular formula is C17H17F6N3O4S. The Kier molecular flexibility index (Phi) is 7.03. The van der Waals surface area contributed by atoms with Gasteiger partial charge in [-0.15, -0.1) is 0 Å². The van der Waals surface area contributed by atoms with Crippen molar-refractivity contribution in [3.63, 3.8) is 0 Å². The fraction of sp³-hybridized carbons (Fsp3) is 0.471. The molecule has 0 saturated heterocycles. The molecule has 0 saturated carbocycles. The molecule has 0 amide bonds. The van der Waals surface area contributed by atoms with Crippen LogP contribution in [0.5, 0.6) is 5.88 Å². The summed E-state index contributed by atoms with van der Waals surface area (Å²) in [5.41, 5.74) is -1.97. The van der Waals surface area contributed by atoms with E-state index in [1.54, 1.807) is 0 Å². The molecule has 2 aromatic heterocycles. The molecule has 0 fully saturated rings. The van der Waals surface area contributed by atoms with Crippen molar-refractivity contribution < 1.29 is 39.5 Å². The topological polar surface area (TPSA) is 91.2 Å². The largest absolute Gasteiger partial charge is 0.468 e. The maximum Gasteiger partial charge on any atom is 0.422 e. The number of halogens is 6. The third kappa shape index (κ3) is 6.18. The van der Waals surface area contributed by atoms with Crippen LogP contribution in [0.2, 0.25) is 0 Å². The molecule has 2 aromatic rings. The average Bonchev–Trinajstić information content (AvgIpc) is 2.67. The van der Waals surface area contributed by atoms with Crippen LogP contribution in [0.15, 0.2) is 34.2 Å². The van der Waals surface area contributed by atoms with Crippen molar-refractivity contribution >= 4 is 9.84 Å². The van der Waals surface area contributed by atoms with Gasteiger partial charge in [-0.3, -0.25) is 9.36 Å². The predicted molar refractivity (Wildman–Crippen MR) is 96.5 cm³/mol. The zero-order chi connectivity index (χ0) is 23.6. The standard InChI is InChI=1S/C17H17F6N3O4S/c1-3-31(28,29)12-4-5-13(30-8-17(21,22)23)25-15(12)11-6-14(27)26(9-24-11)7-16(19,20)10(2)18/h4-6,9-10H,3,7-8H2,1-2H3. The van der Waals surface area contributed by atoms with Crippen LogP contribution in [0.25, 0.3) is 11.4 Å². The van der Waals surface area contributed by atoms with Crippen LogP contribution in [0.3, 0.4) is 0 Å². The molecule has 1 unspecified atom stereocenters. The van der Waals surface area contributed by atoms with E-state index in [0.29, 0.717) is 23.9 Å². The molecule has 172 valence electrons. The maximum atomic E-state index is 13.6.